The van der Waals surface area contributed by atoms with Crippen LogP contribution in [0, 0.1) is 0 Å². The van der Waals surface area contributed by atoms with Crippen LogP contribution in [0.15, 0.2) is 192 Å². The van der Waals surface area contributed by atoms with Crippen molar-refractivity contribution >= 4 is 101 Å². The van der Waals surface area contributed by atoms with E-state index < -0.39 is 0 Å². The van der Waals surface area contributed by atoms with Crippen molar-refractivity contribution in [3.05, 3.63) is 188 Å². The lowest BCUT2D eigenvalue weighted by Crippen LogP contribution is -2.59. The first-order chi connectivity index (χ1) is 27.3. The number of ether oxygens (including phenoxy) is 1. The highest BCUT2D eigenvalue weighted by atomic mass is 16.5. The summed E-state index contributed by atoms with van der Waals surface area (Å²) in [5.41, 5.74) is 11.9. The third-order valence-electron chi connectivity index (χ3n) is 11.5. The van der Waals surface area contributed by atoms with Gasteiger partial charge in [-0.1, -0.05) is 121 Å². The molecule has 0 radical (unpaired) electrons. The zero-order valence-electron chi connectivity index (χ0n) is 29.7. The lowest BCUT2D eigenvalue weighted by Gasteiger charge is -2.39. The number of para-hydroxylation sites is 3. The van der Waals surface area contributed by atoms with Crippen LogP contribution in [0.5, 0.6) is 11.5 Å². The van der Waals surface area contributed by atoms with E-state index in [1.807, 2.05) is 0 Å². The normalized spacial score (nSPS) is 12.8. The van der Waals surface area contributed by atoms with E-state index in [1.54, 1.807) is 0 Å². The molecule has 0 N–H and O–H groups in total. The monoisotopic (exact) mass is 702 g/mol. The minimum Gasteiger partial charge on any atom is -0.458 e. The standard InChI is InChI=1S/C50H31BN2O2/c1-3-17-33(18-4-1)52(41-26-13-16-32-15-7-8-21-35(32)41)44-31-48-49(37-23-10-9-22-36(37)44)38-29-47-40(30-46(38)55-48)51-39-24-11-12-25-42(39)53(34-19-5-2-6-20-34)43-27-14-28-45(54-47)50(43)51/h1-31H. The number of anilines is 6. The second-order valence-corrected chi connectivity index (χ2v) is 14.4. The van der Waals surface area contributed by atoms with E-state index in [-0.39, 0.29) is 6.71 Å². The Morgan fingerprint density at radius 2 is 1.15 bits per heavy atom. The van der Waals surface area contributed by atoms with Gasteiger partial charge in [0.1, 0.15) is 22.7 Å². The van der Waals surface area contributed by atoms with Gasteiger partial charge in [0.2, 0.25) is 0 Å². The van der Waals surface area contributed by atoms with Crippen molar-refractivity contribution in [3.63, 3.8) is 0 Å². The molecule has 2 aliphatic heterocycles. The SMILES string of the molecule is c1ccc(N2c3ccccc3B3c4cc5oc6cc(N(c7ccccc7)c7cccc8ccccc78)c7ccccc7c6c5cc4Oc4cccc2c43)cc1. The minimum absolute atomic E-state index is 0.0176. The second kappa shape index (κ2) is 11.6. The predicted octanol–water partition coefficient (Wildman–Crippen LogP) is 11.8. The van der Waals surface area contributed by atoms with Crippen LogP contribution in [0.3, 0.4) is 0 Å². The molecule has 3 heterocycles. The molecule has 5 heteroatoms. The summed E-state index contributed by atoms with van der Waals surface area (Å²) < 4.78 is 13.9. The Labute approximate surface area is 318 Å². The van der Waals surface area contributed by atoms with E-state index in [9.17, 15) is 0 Å². The van der Waals surface area contributed by atoms with Gasteiger partial charge in [-0.25, -0.2) is 0 Å². The van der Waals surface area contributed by atoms with E-state index in [2.05, 4.69) is 198 Å². The molecule has 0 saturated carbocycles. The third kappa shape index (κ3) is 4.41. The highest BCUT2D eigenvalue weighted by Crippen LogP contribution is 2.47. The summed E-state index contributed by atoms with van der Waals surface area (Å²) >= 11 is 0. The zero-order chi connectivity index (χ0) is 36.0. The Morgan fingerprint density at radius 1 is 0.455 bits per heavy atom. The average molecular weight is 703 g/mol. The van der Waals surface area contributed by atoms with Gasteiger partial charge in [0.25, 0.3) is 6.71 Å². The van der Waals surface area contributed by atoms with Crippen LogP contribution in [0.1, 0.15) is 0 Å². The summed E-state index contributed by atoms with van der Waals surface area (Å²) in [5.74, 6) is 1.75. The number of hydrogen-bond acceptors (Lipinski definition) is 4. The van der Waals surface area contributed by atoms with Crippen LogP contribution in [0.2, 0.25) is 0 Å². The van der Waals surface area contributed by atoms with Crippen LogP contribution in [-0.4, -0.2) is 6.71 Å². The van der Waals surface area contributed by atoms with Crippen molar-refractivity contribution in [2.75, 3.05) is 9.80 Å². The third-order valence-corrected chi connectivity index (χ3v) is 11.5. The molecule has 0 fully saturated rings. The van der Waals surface area contributed by atoms with Crippen LogP contribution < -0.4 is 30.9 Å². The Balaban J connectivity index is 1.10. The van der Waals surface area contributed by atoms with Gasteiger partial charge in [-0.15, -0.1) is 0 Å². The molecule has 0 aliphatic carbocycles. The molecule has 0 saturated heterocycles. The molecule has 55 heavy (non-hydrogen) atoms. The fraction of sp³-hybridized carbons (Fsp3) is 0. The first-order valence-electron chi connectivity index (χ1n) is 18.8. The molecule has 12 rings (SSSR count). The number of nitrogens with zero attached hydrogens (tertiary/aromatic N) is 2. The largest absolute Gasteiger partial charge is 0.458 e. The van der Waals surface area contributed by atoms with Gasteiger partial charge in [-0.2, -0.15) is 0 Å². The first kappa shape index (κ1) is 30.2. The maximum Gasteiger partial charge on any atom is 0.256 e. The fourth-order valence-corrected chi connectivity index (χ4v) is 9.17. The Bertz CT molecular complexity index is 3150. The molecule has 0 spiro atoms. The lowest BCUT2D eigenvalue weighted by molar-refractivity contribution is 0.488. The van der Waals surface area contributed by atoms with Gasteiger partial charge in [-0.3, -0.25) is 0 Å². The number of furan rings is 1. The van der Waals surface area contributed by atoms with E-state index in [0.717, 1.165) is 78.1 Å². The van der Waals surface area contributed by atoms with Gasteiger partial charge < -0.3 is 19.0 Å². The first-order valence-corrected chi connectivity index (χ1v) is 18.8. The maximum atomic E-state index is 6.99. The zero-order valence-corrected chi connectivity index (χ0v) is 29.7. The summed E-state index contributed by atoms with van der Waals surface area (Å²) in [4.78, 5) is 4.74. The van der Waals surface area contributed by atoms with Gasteiger partial charge in [-0.05, 0) is 87.8 Å². The molecule has 4 nitrogen and oxygen atoms in total. The van der Waals surface area contributed by atoms with Crippen LogP contribution >= 0.6 is 0 Å². The maximum absolute atomic E-state index is 6.99. The van der Waals surface area contributed by atoms with Gasteiger partial charge in [0.05, 0.1) is 11.4 Å². The van der Waals surface area contributed by atoms with Crippen LogP contribution in [-0.2, 0) is 0 Å². The van der Waals surface area contributed by atoms with Crippen molar-refractivity contribution in [3.8, 4) is 11.5 Å². The summed E-state index contributed by atoms with van der Waals surface area (Å²) in [5, 5.41) is 6.79. The fourth-order valence-electron chi connectivity index (χ4n) is 9.17. The molecule has 9 aromatic carbocycles. The summed E-state index contributed by atoms with van der Waals surface area (Å²) in [6.07, 6.45) is 0. The Hall–Kier alpha value is -7.24. The van der Waals surface area contributed by atoms with E-state index >= 15 is 0 Å². The molecule has 10 aromatic rings. The number of fused-ring (bicyclic) bond motifs is 10. The van der Waals surface area contributed by atoms with Crippen LogP contribution in [0.4, 0.5) is 34.1 Å². The van der Waals surface area contributed by atoms with E-state index in [4.69, 9.17) is 9.15 Å². The molecule has 0 amide bonds. The van der Waals surface area contributed by atoms with Crippen molar-refractivity contribution in [1.29, 1.82) is 0 Å². The molecule has 0 atom stereocenters. The Morgan fingerprint density at radius 3 is 2.02 bits per heavy atom. The average Bonchev–Trinajstić information content (AvgIpc) is 3.61. The van der Waals surface area contributed by atoms with Crippen molar-refractivity contribution in [1.82, 2.24) is 0 Å². The molecular weight excluding hydrogens is 671 g/mol. The van der Waals surface area contributed by atoms with Gasteiger partial charge in [0.15, 0.2) is 0 Å². The molecule has 2 aliphatic rings. The minimum atomic E-state index is -0.0176. The summed E-state index contributed by atoms with van der Waals surface area (Å²) in [6.45, 7) is -0.0176. The lowest BCUT2D eigenvalue weighted by atomic mass is 9.34. The van der Waals surface area contributed by atoms with Crippen LogP contribution in [0.25, 0.3) is 43.5 Å². The van der Waals surface area contributed by atoms with Crippen molar-refractivity contribution < 1.29 is 9.15 Å². The highest BCUT2D eigenvalue weighted by molar-refractivity contribution is 6.99. The molecule has 256 valence electrons. The van der Waals surface area contributed by atoms with Crippen molar-refractivity contribution in [2.45, 2.75) is 0 Å². The quantitative estimate of drug-likeness (QED) is 0.171. The molecular formula is C50H31BN2O2. The molecule has 1 aromatic heterocycles. The van der Waals surface area contributed by atoms with Gasteiger partial charge >= 0.3 is 0 Å². The highest BCUT2D eigenvalue weighted by Gasteiger charge is 2.42. The number of hydrogen-bond donors (Lipinski definition) is 0. The van der Waals surface area contributed by atoms with E-state index in [0.29, 0.717) is 0 Å². The predicted molar refractivity (Wildman–Crippen MR) is 229 cm³/mol. The second-order valence-electron chi connectivity index (χ2n) is 14.4. The van der Waals surface area contributed by atoms with Gasteiger partial charge in [0, 0.05) is 50.4 Å². The molecule has 0 unspecified atom stereocenters. The number of benzene rings is 9. The topological polar surface area (TPSA) is 28.9 Å². The number of rotatable bonds is 4. The van der Waals surface area contributed by atoms with E-state index in [1.165, 1.54) is 27.4 Å². The smallest absolute Gasteiger partial charge is 0.256 e. The summed E-state index contributed by atoms with van der Waals surface area (Å²) in [7, 11) is 0. The Kier molecular flexibility index (Phi) is 6.40. The van der Waals surface area contributed by atoms with Crippen molar-refractivity contribution in [2.24, 2.45) is 0 Å². The summed E-state index contributed by atoms with van der Waals surface area (Å²) in [6, 6.07) is 66.9. The molecule has 0 bridgehead atoms.